The van der Waals surface area contributed by atoms with Crippen LogP contribution >= 0.6 is 11.6 Å². The number of nitrogens with zero attached hydrogens (tertiary/aromatic N) is 3. The Morgan fingerprint density at radius 3 is 2.64 bits per heavy atom. The van der Waals surface area contributed by atoms with Crippen molar-refractivity contribution in [2.24, 2.45) is 0 Å². The van der Waals surface area contributed by atoms with Crippen LogP contribution in [0.3, 0.4) is 0 Å². The fraction of sp³-hybridized carbons (Fsp3) is 0.158. The molecule has 1 heterocycles. The number of hydrogen-bond donors (Lipinski definition) is 0. The zero-order valence-corrected chi connectivity index (χ0v) is 15.8. The molecule has 2 aromatic carbocycles. The van der Waals surface area contributed by atoms with E-state index in [9.17, 15) is 10.0 Å². The van der Waals surface area contributed by atoms with Crippen LogP contribution in [0, 0.1) is 5.21 Å². The Hall–Kier alpha value is -3.39. The number of halogens is 1. The predicted octanol–water partition coefficient (Wildman–Crippen LogP) is 3.21. The van der Waals surface area contributed by atoms with E-state index in [2.05, 4.69) is 14.8 Å². The van der Waals surface area contributed by atoms with Gasteiger partial charge < -0.3 is 19.4 Å². The maximum atomic E-state index is 12.0. The van der Waals surface area contributed by atoms with Crippen molar-refractivity contribution >= 4 is 28.6 Å². The second kappa shape index (κ2) is 8.53. The van der Waals surface area contributed by atoms with Gasteiger partial charge in [-0.25, -0.2) is 4.79 Å². The van der Waals surface area contributed by atoms with Crippen molar-refractivity contribution in [1.82, 2.24) is 10.1 Å². The first-order chi connectivity index (χ1) is 13.4. The van der Waals surface area contributed by atoms with E-state index >= 15 is 0 Å². The highest BCUT2D eigenvalue weighted by molar-refractivity contribution is 6.31. The highest BCUT2D eigenvalue weighted by Gasteiger charge is 2.13. The van der Waals surface area contributed by atoms with Crippen molar-refractivity contribution in [3.63, 3.8) is 0 Å². The Labute approximate surface area is 165 Å². The number of esters is 1. The summed E-state index contributed by atoms with van der Waals surface area (Å²) in [6, 6.07) is 11.3. The Morgan fingerprint density at radius 2 is 1.93 bits per heavy atom. The van der Waals surface area contributed by atoms with Crippen LogP contribution in [0.2, 0.25) is 5.02 Å². The molecule has 0 radical (unpaired) electrons. The summed E-state index contributed by atoms with van der Waals surface area (Å²) in [4.78, 5) is 15.7. The third-order valence-corrected chi connectivity index (χ3v) is 3.83. The zero-order valence-electron chi connectivity index (χ0n) is 15.0. The van der Waals surface area contributed by atoms with Gasteiger partial charge >= 0.3 is 12.0 Å². The molecule has 3 aromatic rings. The SMILES string of the molecule is COC(=O)C=CC(C)Oc1ccc(Oc2nc3ccc(Cl)cc3[n+]([O-])n2)cc1. The average molecular weight is 402 g/mol. The predicted molar refractivity (Wildman–Crippen MR) is 101 cm³/mol. The molecular weight excluding hydrogens is 386 g/mol. The summed E-state index contributed by atoms with van der Waals surface area (Å²) in [6.07, 6.45) is 2.55. The number of aromatic nitrogens is 3. The van der Waals surface area contributed by atoms with E-state index in [1.54, 1.807) is 49.4 Å². The lowest BCUT2D eigenvalue weighted by Crippen LogP contribution is -2.32. The molecule has 1 aromatic heterocycles. The highest BCUT2D eigenvalue weighted by atomic mass is 35.5. The smallest absolute Gasteiger partial charge is 0.386 e. The van der Waals surface area contributed by atoms with Gasteiger partial charge in [0.1, 0.15) is 23.1 Å². The molecule has 0 aliphatic carbocycles. The molecule has 0 saturated heterocycles. The number of rotatable bonds is 6. The number of ether oxygens (including phenoxy) is 3. The lowest BCUT2D eigenvalue weighted by Gasteiger charge is -2.11. The molecule has 8 nitrogen and oxygen atoms in total. The van der Waals surface area contributed by atoms with Gasteiger partial charge in [0, 0.05) is 17.2 Å². The molecule has 1 unspecified atom stereocenters. The summed E-state index contributed by atoms with van der Waals surface area (Å²) in [7, 11) is 1.31. The van der Waals surface area contributed by atoms with Gasteiger partial charge in [-0.2, -0.15) is 4.98 Å². The largest absolute Gasteiger partial charge is 0.594 e. The second-order valence-electron chi connectivity index (χ2n) is 5.68. The molecule has 0 aliphatic rings. The van der Waals surface area contributed by atoms with Crippen LogP contribution < -0.4 is 14.3 Å². The fourth-order valence-corrected chi connectivity index (χ4v) is 2.44. The van der Waals surface area contributed by atoms with Crippen molar-refractivity contribution in [3.05, 3.63) is 64.8 Å². The molecule has 0 saturated carbocycles. The summed E-state index contributed by atoms with van der Waals surface area (Å²) < 4.78 is 15.7. The van der Waals surface area contributed by atoms with Gasteiger partial charge in [0.15, 0.2) is 0 Å². The van der Waals surface area contributed by atoms with Crippen LogP contribution in [0.25, 0.3) is 11.0 Å². The molecule has 0 amide bonds. The highest BCUT2D eigenvalue weighted by Crippen LogP contribution is 2.23. The minimum absolute atomic E-state index is 0.0899. The van der Waals surface area contributed by atoms with Crippen LogP contribution in [-0.4, -0.2) is 29.3 Å². The van der Waals surface area contributed by atoms with Crippen LogP contribution in [0.5, 0.6) is 17.5 Å². The van der Waals surface area contributed by atoms with Gasteiger partial charge in [-0.3, -0.25) is 0 Å². The lowest BCUT2D eigenvalue weighted by atomic mass is 10.3. The molecule has 144 valence electrons. The van der Waals surface area contributed by atoms with E-state index in [4.69, 9.17) is 21.1 Å². The van der Waals surface area contributed by atoms with Gasteiger partial charge in [0.05, 0.1) is 12.2 Å². The molecule has 0 spiro atoms. The second-order valence-corrected chi connectivity index (χ2v) is 6.12. The van der Waals surface area contributed by atoms with E-state index in [0.717, 1.165) is 0 Å². The maximum absolute atomic E-state index is 12.0. The third kappa shape index (κ3) is 4.86. The fourth-order valence-electron chi connectivity index (χ4n) is 2.27. The number of fused-ring (bicyclic) bond motifs is 1. The summed E-state index contributed by atoms with van der Waals surface area (Å²) in [5.41, 5.74) is 0.660. The molecule has 3 rings (SSSR count). The minimum Gasteiger partial charge on any atom is -0.594 e. The Morgan fingerprint density at radius 1 is 1.21 bits per heavy atom. The van der Waals surface area contributed by atoms with Gasteiger partial charge in [-0.1, -0.05) is 11.6 Å². The number of methoxy groups -OCH3 is 1. The van der Waals surface area contributed by atoms with E-state index in [1.807, 2.05) is 0 Å². The first-order valence-electron chi connectivity index (χ1n) is 8.22. The monoisotopic (exact) mass is 401 g/mol. The number of hydrogen-bond acceptors (Lipinski definition) is 7. The topological polar surface area (TPSA) is 97.5 Å². The molecule has 0 aliphatic heterocycles. The van der Waals surface area contributed by atoms with E-state index in [0.29, 0.717) is 26.9 Å². The first kappa shape index (κ1) is 19.4. The Bertz CT molecular complexity index is 1020. The third-order valence-electron chi connectivity index (χ3n) is 3.60. The van der Waals surface area contributed by atoms with Crippen molar-refractivity contribution in [1.29, 1.82) is 0 Å². The summed E-state index contributed by atoms with van der Waals surface area (Å²) in [6.45, 7) is 1.78. The minimum atomic E-state index is -0.451. The molecule has 9 heteroatoms. The summed E-state index contributed by atoms with van der Waals surface area (Å²) in [5.74, 6) is 0.549. The van der Waals surface area contributed by atoms with Crippen molar-refractivity contribution in [2.75, 3.05) is 7.11 Å². The lowest BCUT2D eigenvalue weighted by molar-refractivity contribution is -0.643. The van der Waals surface area contributed by atoms with Crippen molar-refractivity contribution < 1.29 is 23.9 Å². The van der Waals surface area contributed by atoms with Gasteiger partial charge in [0.2, 0.25) is 0 Å². The van der Waals surface area contributed by atoms with Crippen molar-refractivity contribution in [2.45, 2.75) is 13.0 Å². The average Bonchev–Trinajstić information content (AvgIpc) is 2.68. The van der Waals surface area contributed by atoms with E-state index < -0.39 is 5.97 Å². The van der Waals surface area contributed by atoms with E-state index in [-0.39, 0.29) is 17.6 Å². The number of carbonyl (C=O) groups is 1. The molecule has 28 heavy (non-hydrogen) atoms. The molecule has 0 N–H and O–H groups in total. The zero-order chi connectivity index (χ0) is 20.1. The number of benzene rings is 2. The van der Waals surface area contributed by atoms with Crippen LogP contribution in [0.15, 0.2) is 54.6 Å². The molecular formula is C19H16ClN3O5. The summed E-state index contributed by atoms with van der Waals surface area (Å²) in [5, 5.41) is 16.2. The standard InChI is InChI=1S/C19H16ClN3O5/c1-12(3-10-18(24)26-2)27-14-5-7-15(8-6-14)28-19-21-16-9-4-13(20)11-17(16)23(25)22-19/h3-12H,1-2H3. The van der Waals surface area contributed by atoms with Gasteiger partial charge in [-0.15, -0.1) is 0 Å². The molecule has 0 bridgehead atoms. The van der Waals surface area contributed by atoms with Crippen LogP contribution in [0.4, 0.5) is 0 Å². The first-order valence-corrected chi connectivity index (χ1v) is 8.60. The van der Waals surface area contributed by atoms with Crippen LogP contribution in [-0.2, 0) is 9.53 Å². The molecule has 1 atom stereocenters. The Balaban J connectivity index is 1.69. The number of carbonyl (C=O) groups excluding carboxylic acids is 1. The summed E-state index contributed by atoms with van der Waals surface area (Å²) >= 11 is 5.88. The molecule has 0 fully saturated rings. The van der Waals surface area contributed by atoms with E-state index in [1.165, 1.54) is 19.3 Å². The van der Waals surface area contributed by atoms with Crippen molar-refractivity contribution in [3.8, 4) is 17.5 Å². The van der Waals surface area contributed by atoms with Gasteiger partial charge in [0.25, 0.3) is 5.52 Å². The Kier molecular flexibility index (Phi) is 5.90. The maximum Gasteiger partial charge on any atom is 0.386 e. The van der Waals surface area contributed by atoms with Crippen LogP contribution in [0.1, 0.15) is 6.92 Å². The van der Waals surface area contributed by atoms with Gasteiger partial charge in [-0.05, 0) is 54.2 Å². The quantitative estimate of drug-likeness (QED) is 0.271. The normalized spacial score (nSPS) is 12.1.